The van der Waals surface area contributed by atoms with Gasteiger partial charge in [0, 0.05) is 43.2 Å². The van der Waals surface area contributed by atoms with Crippen molar-refractivity contribution < 1.29 is 14.1 Å². The van der Waals surface area contributed by atoms with Crippen LogP contribution in [0.1, 0.15) is 23.0 Å². The second-order valence-electron chi connectivity index (χ2n) is 6.04. The predicted octanol–water partition coefficient (Wildman–Crippen LogP) is 3.39. The lowest BCUT2D eigenvalue weighted by molar-refractivity contribution is -0.384. The maximum atomic E-state index is 14.3. The highest BCUT2D eigenvalue weighted by atomic mass is 19.1. The number of halogens is 1. The van der Waals surface area contributed by atoms with Crippen molar-refractivity contribution in [3.63, 3.8) is 0 Å². The zero-order valence-electron chi connectivity index (χ0n) is 14.9. The monoisotopic (exact) mass is 380 g/mol. The number of nitrogens with one attached hydrogen (secondary N) is 1. The Balaban J connectivity index is 1.84. The molecule has 1 amide bonds. The number of hydrogen-bond acceptors (Lipinski definition) is 4. The number of nitrogens with zero attached hydrogens (tertiary/aromatic N) is 3. The first-order valence-electron chi connectivity index (χ1n) is 8.40. The van der Waals surface area contributed by atoms with Crippen LogP contribution in [0.5, 0.6) is 0 Å². The first-order valence-corrected chi connectivity index (χ1v) is 8.40. The van der Waals surface area contributed by atoms with Crippen LogP contribution in [0.2, 0.25) is 0 Å². The van der Waals surface area contributed by atoms with Crippen LogP contribution < -0.4 is 5.32 Å². The molecule has 0 aliphatic heterocycles. The van der Waals surface area contributed by atoms with Crippen LogP contribution in [-0.4, -0.2) is 20.4 Å². The standard InChI is InChI=1S/C20H17FN4O3/c1-24-12-11-22-20(24)19(16-7-2-3-8-17(16)21)23-18(26)10-9-14-5-4-6-15(13-14)25(27)28/h2-13,19H,1H3,(H,23,26)/b10-9+. The zero-order valence-corrected chi connectivity index (χ0v) is 14.9. The van der Waals surface area contributed by atoms with E-state index in [-0.39, 0.29) is 11.3 Å². The molecule has 1 heterocycles. The van der Waals surface area contributed by atoms with Crippen LogP contribution >= 0.6 is 0 Å². The van der Waals surface area contributed by atoms with Crippen LogP contribution in [0.15, 0.2) is 67.0 Å². The molecular formula is C20H17FN4O3. The van der Waals surface area contributed by atoms with E-state index in [0.717, 1.165) is 0 Å². The number of amides is 1. The van der Waals surface area contributed by atoms with Gasteiger partial charge in [0.15, 0.2) is 0 Å². The Morgan fingerprint density at radius 1 is 1.29 bits per heavy atom. The number of nitro groups is 1. The van der Waals surface area contributed by atoms with Gasteiger partial charge >= 0.3 is 0 Å². The topological polar surface area (TPSA) is 90.1 Å². The summed E-state index contributed by atoms with van der Waals surface area (Å²) in [5, 5.41) is 13.6. The van der Waals surface area contributed by atoms with Crippen molar-refractivity contribution in [1.29, 1.82) is 0 Å². The highest BCUT2D eigenvalue weighted by Gasteiger charge is 2.22. The molecule has 1 atom stereocenters. The van der Waals surface area contributed by atoms with E-state index in [9.17, 15) is 19.3 Å². The lowest BCUT2D eigenvalue weighted by Gasteiger charge is -2.18. The number of rotatable bonds is 6. The molecule has 28 heavy (non-hydrogen) atoms. The number of carbonyl (C=O) groups is 1. The third kappa shape index (κ3) is 4.29. The number of carbonyl (C=O) groups excluding carboxylic acids is 1. The Labute approximate surface area is 160 Å². The van der Waals surface area contributed by atoms with Gasteiger partial charge in [-0.05, 0) is 17.7 Å². The summed E-state index contributed by atoms with van der Waals surface area (Å²) >= 11 is 0. The number of non-ortho nitro benzene ring substituents is 1. The fourth-order valence-corrected chi connectivity index (χ4v) is 2.75. The summed E-state index contributed by atoms with van der Waals surface area (Å²) < 4.78 is 16.0. The van der Waals surface area contributed by atoms with Crippen molar-refractivity contribution in [1.82, 2.24) is 14.9 Å². The maximum Gasteiger partial charge on any atom is 0.270 e. The lowest BCUT2D eigenvalue weighted by atomic mass is 10.1. The van der Waals surface area contributed by atoms with E-state index in [4.69, 9.17) is 0 Å². The third-order valence-electron chi connectivity index (χ3n) is 4.13. The molecule has 0 aliphatic carbocycles. The molecule has 3 rings (SSSR count). The van der Waals surface area contributed by atoms with E-state index < -0.39 is 22.7 Å². The molecule has 2 aromatic carbocycles. The molecule has 0 bridgehead atoms. The maximum absolute atomic E-state index is 14.3. The van der Waals surface area contributed by atoms with Crippen LogP contribution in [-0.2, 0) is 11.8 Å². The zero-order chi connectivity index (χ0) is 20.1. The fourth-order valence-electron chi connectivity index (χ4n) is 2.75. The molecule has 1 unspecified atom stereocenters. The molecule has 1 N–H and O–H groups in total. The molecule has 0 aliphatic rings. The Morgan fingerprint density at radius 3 is 2.75 bits per heavy atom. The molecule has 0 fully saturated rings. The molecule has 0 spiro atoms. The minimum absolute atomic E-state index is 0.0696. The highest BCUT2D eigenvalue weighted by Crippen LogP contribution is 2.23. The fraction of sp³-hybridized carbons (Fsp3) is 0.100. The van der Waals surface area contributed by atoms with E-state index in [1.807, 2.05) is 0 Å². The minimum Gasteiger partial charge on any atom is -0.338 e. The molecule has 0 radical (unpaired) electrons. The van der Waals surface area contributed by atoms with Crippen LogP contribution in [0.3, 0.4) is 0 Å². The van der Waals surface area contributed by atoms with Crippen molar-refractivity contribution in [3.8, 4) is 0 Å². The average molecular weight is 380 g/mol. The summed E-state index contributed by atoms with van der Waals surface area (Å²) in [7, 11) is 1.75. The first-order chi connectivity index (χ1) is 13.5. The molecule has 8 heteroatoms. The molecule has 3 aromatic rings. The van der Waals surface area contributed by atoms with Gasteiger partial charge < -0.3 is 9.88 Å². The molecule has 0 saturated carbocycles. The quantitative estimate of drug-likeness (QED) is 0.403. The van der Waals surface area contributed by atoms with Gasteiger partial charge in [-0.25, -0.2) is 9.37 Å². The van der Waals surface area contributed by atoms with E-state index in [1.54, 1.807) is 48.3 Å². The van der Waals surface area contributed by atoms with E-state index in [0.29, 0.717) is 11.4 Å². The number of benzene rings is 2. The number of aryl methyl sites for hydroxylation is 1. The van der Waals surface area contributed by atoms with Gasteiger partial charge in [-0.3, -0.25) is 14.9 Å². The largest absolute Gasteiger partial charge is 0.338 e. The smallest absolute Gasteiger partial charge is 0.270 e. The normalized spacial score (nSPS) is 12.1. The van der Waals surface area contributed by atoms with E-state index >= 15 is 0 Å². The van der Waals surface area contributed by atoms with Crippen LogP contribution in [0.4, 0.5) is 10.1 Å². The second kappa shape index (κ2) is 8.26. The van der Waals surface area contributed by atoms with Crippen LogP contribution in [0.25, 0.3) is 6.08 Å². The van der Waals surface area contributed by atoms with Gasteiger partial charge in [-0.2, -0.15) is 0 Å². The van der Waals surface area contributed by atoms with Crippen molar-refractivity contribution >= 4 is 17.7 Å². The summed E-state index contributed by atoms with van der Waals surface area (Å²) in [6.45, 7) is 0. The molecule has 142 valence electrons. The van der Waals surface area contributed by atoms with E-state index in [2.05, 4.69) is 10.3 Å². The summed E-state index contributed by atoms with van der Waals surface area (Å²) in [5.41, 5.74) is 0.720. The SMILES string of the molecule is Cn1ccnc1C(NC(=O)/C=C/c1cccc([N+](=O)[O-])c1)c1ccccc1F. The highest BCUT2D eigenvalue weighted by molar-refractivity contribution is 5.92. The first kappa shape index (κ1) is 19.0. The second-order valence-corrected chi connectivity index (χ2v) is 6.04. The Kier molecular flexibility index (Phi) is 5.59. The lowest BCUT2D eigenvalue weighted by Crippen LogP contribution is -2.30. The van der Waals surface area contributed by atoms with Crippen molar-refractivity contribution in [3.05, 3.63) is 99.9 Å². The van der Waals surface area contributed by atoms with Gasteiger partial charge in [0.1, 0.15) is 17.7 Å². The summed E-state index contributed by atoms with van der Waals surface area (Å²) in [6, 6.07) is 11.3. The van der Waals surface area contributed by atoms with Gasteiger partial charge in [0.05, 0.1) is 4.92 Å². The number of aromatic nitrogens is 2. The number of imidazole rings is 1. The van der Waals surface area contributed by atoms with Gasteiger partial charge in [-0.1, -0.05) is 30.3 Å². The van der Waals surface area contributed by atoms with Gasteiger partial charge in [-0.15, -0.1) is 0 Å². The number of nitro benzene ring substituents is 1. The molecule has 7 nitrogen and oxygen atoms in total. The van der Waals surface area contributed by atoms with Gasteiger partial charge in [0.2, 0.25) is 5.91 Å². The third-order valence-corrected chi connectivity index (χ3v) is 4.13. The Bertz CT molecular complexity index is 1050. The average Bonchev–Trinajstić information content (AvgIpc) is 3.11. The van der Waals surface area contributed by atoms with E-state index in [1.165, 1.54) is 36.4 Å². The van der Waals surface area contributed by atoms with Gasteiger partial charge in [0.25, 0.3) is 5.69 Å². The molecular weight excluding hydrogens is 363 g/mol. The summed E-state index contributed by atoms with van der Waals surface area (Å²) in [6.07, 6.45) is 5.97. The Morgan fingerprint density at radius 2 is 2.07 bits per heavy atom. The van der Waals surface area contributed by atoms with Crippen molar-refractivity contribution in [2.45, 2.75) is 6.04 Å². The number of hydrogen-bond donors (Lipinski definition) is 1. The Hall–Kier alpha value is -3.81. The van der Waals surface area contributed by atoms with Crippen molar-refractivity contribution in [2.75, 3.05) is 0 Å². The predicted molar refractivity (Wildman–Crippen MR) is 102 cm³/mol. The molecule has 0 saturated heterocycles. The van der Waals surface area contributed by atoms with Crippen LogP contribution in [0, 0.1) is 15.9 Å². The summed E-state index contributed by atoms with van der Waals surface area (Å²) in [4.78, 5) is 27.0. The minimum atomic E-state index is -0.788. The molecule has 1 aromatic heterocycles. The summed E-state index contributed by atoms with van der Waals surface area (Å²) in [5.74, 6) is -0.469. The van der Waals surface area contributed by atoms with Crippen molar-refractivity contribution in [2.24, 2.45) is 7.05 Å².